The summed E-state index contributed by atoms with van der Waals surface area (Å²) in [6.45, 7) is 0.394. The predicted octanol–water partition coefficient (Wildman–Crippen LogP) is 3.01. The summed E-state index contributed by atoms with van der Waals surface area (Å²) < 4.78 is 23.9. The number of methoxy groups -OCH3 is 2. The normalized spacial score (nSPS) is 10.2. The molecule has 1 N–H and O–H groups in total. The van der Waals surface area contributed by atoms with Crippen molar-refractivity contribution in [3.8, 4) is 11.8 Å². The van der Waals surface area contributed by atoms with Crippen molar-refractivity contribution < 1.29 is 13.9 Å². The van der Waals surface area contributed by atoms with Crippen molar-refractivity contribution in [2.75, 3.05) is 19.5 Å². The molecule has 2 aromatic rings. The molecule has 1 aromatic heterocycles. The lowest BCUT2D eigenvalue weighted by Gasteiger charge is -2.12. The molecule has 0 aliphatic rings. The zero-order valence-corrected chi connectivity index (χ0v) is 12.6. The third-order valence-corrected chi connectivity index (χ3v) is 3.25. The van der Waals surface area contributed by atoms with E-state index in [1.165, 1.54) is 26.6 Å². The number of hydrogen-bond acceptors (Lipinski definition) is 5. The van der Waals surface area contributed by atoms with Gasteiger partial charge in [-0.25, -0.2) is 14.4 Å². The SMILES string of the molecule is COc1ncnc(OC)c1CNc1ccc(F)c(Br)c1. The predicted molar refractivity (Wildman–Crippen MR) is 76.6 cm³/mol. The average molecular weight is 342 g/mol. The number of anilines is 1. The molecule has 0 aliphatic carbocycles. The van der Waals surface area contributed by atoms with Gasteiger partial charge in [-0.15, -0.1) is 0 Å². The van der Waals surface area contributed by atoms with Gasteiger partial charge in [-0.3, -0.25) is 0 Å². The van der Waals surface area contributed by atoms with E-state index in [0.29, 0.717) is 28.3 Å². The molecule has 7 heteroatoms. The number of nitrogens with zero attached hydrogens (tertiary/aromatic N) is 2. The Morgan fingerprint density at radius 2 is 1.85 bits per heavy atom. The highest BCUT2D eigenvalue weighted by molar-refractivity contribution is 9.10. The van der Waals surface area contributed by atoms with Crippen molar-refractivity contribution in [1.82, 2.24) is 9.97 Å². The summed E-state index contributed by atoms with van der Waals surface area (Å²) in [5, 5.41) is 3.14. The first-order valence-electron chi connectivity index (χ1n) is 5.76. The number of halogens is 2. The minimum absolute atomic E-state index is 0.311. The Balaban J connectivity index is 2.19. The van der Waals surface area contributed by atoms with Crippen LogP contribution in [-0.2, 0) is 6.54 Å². The second-order valence-electron chi connectivity index (χ2n) is 3.85. The number of aromatic nitrogens is 2. The lowest BCUT2D eigenvalue weighted by molar-refractivity contribution is 0.363. The molecule has 1 aromatic carbocycles. The fraction of sp³-hybridized carbons (Fsp3) is 0.231. The van der Waals surface area contributed by atoms with Gasteiger partial charge in [-0.1, -0.05) is 0 Å². The van der Waals surface area contributed by atoms with E-state index in [4.69, 9.17) is 9.47 Å². The first kappa shape index (κ1) is 14.5. The Labute approximate surface area is 124 Å². The van der Waals surface area contributed by atoms with E-state index in [-0.39, 0.29) is 5.82 Å². The lowest BCUT2D eigenvalue weighted by Crippen LogP contribution is -2.06. The van der Waals surface area contributed by atoms with Crippen LogP contribution in [0.15, 0.2) is 29.0 Å². The third-order valence-electron chi connectivity index (χ3n) is 2.64. The van der Waals surface area contributed by atoms with Crippen LogP contribution in [0.1, 0.15) is 5.56 Å². The molecule has 0 saturated heterocycles. The molecule has 106 valence electrons. The summed E-state index contributed by atoms with van der Waals surface area (Å²) in [6.07, 6.45) is 1.37. The maximum Gasteiger partial charge on any atom is 0.225 e. The molecule has 20 heavy (non-hydrogen) atoms. The molecule has 0 unspecified atom stereocenters. The zero-order chi connectivity index (χ0) is 14.5. The fourth-order valence-corrected chi connectivity index (χ4v) is 2.06. The number of ether oxygens (including phenoxy) is 2. The molecule has 0 saturated carbocycles. The highest BCUT2D eigenvalue weighted by atomic mass is 79.9. The molecule has 0 radical (unpaired) electrons. The first-order chi connectivity index (χ1) is 9.65. The van der Waals surface area contributed by atoms with Crippen LogP contribution in [0.3, 0.4) is 0 Å². The van der Waals surface area contributed by atoms with Gasteiger partial charge >= 0.3 is 0 Å². The van der Waals surface area contributed by atoms with Gasteiger partial charge in [0.25, 0.3) is 0 Å². The second kappa shape index (κ2) is 6.51. The molecule has 0 aliphatic heterocycles. The fourth-order valence-electron chi connectivity index (χ4n) is 1.68. The summed E-state index contributed by atoms with van der Waals surface area (Å²) in [5.41, 5.74) is 1.45. The van der Waals surface area contributed by atoms with Crippen molar-refractivity contribution in [3.63, 3.8) is 0 Å². The minimum Gasteiger partial charge on any atom is -0.481 e. The monoisotopic (exact) mass is 341 g/mol. The van der Waals surface area contributed by atoms with E-state index in [1.807, 2.05) is 0 Å². The molecule has 0 fully saturated rings. The molecule has 2 rings (SSSR count). The second-order valence-corrected chi connectivity index (χ2v) is 4.71. The Morgan fingerprint density at radius 1 is 1.20 bits per heavy atom. The summed E-state index contributed by atoms with van der Waals surface area (Å²) in [4.78, 5) is 8.05. The Bertz CT molecular complexity index is 588. The molecule has 0 atom stereocenters. The summed E-state index contributed by atoms with van der Waals surface area (Å²) in [7, 11) is 3.06. The quantitative estimate of drug-likeness (QED) is 0.905. The number of nitrogens with one attached hydrogen (secondary N) is 1. The number of rotatable bonds is 5. The van der Waals surface area contributed by atoms with Crippen LogP contribution >= 0.6 is 15.9 Å². The van der Waals surface area contributed by atoms with E-state index in [1.54, 1.807) is 12.1 Å². The van der Waals surface area contributed by atoms with Gasteiger partial charge in [0.05, 0.1) is 30.8 Å². The highest BCUT2D eigenvalue weighted by Crippen LogP contribution is 2.25. The standard InChI is InChI=1S/C13H13BrFN3O2/c1-19-12-9(13(20-2)18-7-17-12)6-16-8-3-4-11(15)10(14)5-8/h3-5,7,16H,6H2,1-2H3. The van der Waals surface area contributed by atoms with Gasteiger partial charge in [0.2, 0.25) is 11.8 Å². The van der Waals surface area contributed by atoms with E-state index in [2.05, 4.69) is 31.2 Å². The molecule has 5 nitrogen and oxygen atoms in total. The molecule has 1 heterocycles. The van der Waals surface area contributed by atoms with Crippen LogP contribution in [0.25, 0.3) is 0 Å². The van der Waals surface area contributed by atoms with Gasteiger partial charge in [0, 0.05) is 5.69 Å². The highest BCUT2D eigenvalue weighted by Gasteiger charge is 2.12. The van der Waals surface area contributed by atoms with Crippen LogP contribution in [0.4, 0.5) is 10.1 Å². The van der Waals surface area contributed by atoms with Crippen LogP contribution < -0.4 is 14.8 Å². The molecule has 0 bridgehead atoms. The van der Waals surface area contributed by atoms with Gasteiger partial charge in [-0.05, 0) is 34.1 Å². The van der Waals surface area contributed by atoms with Gasteiger partial charge in [0.1, 0.15) is 12.1 Å². The van der Waals surface area contributed by atoms with Crippen LogP contribution in [0.5, 0.6) is 11.8 Å². The van der Waals surface area contributed by atoms with Crippen LogP contribution in [0, 0.1) is 5.82 Å². The maximum atomic E-state index is 13.2. The molecular weight excluding hydrogens is 329 g/mol. The summed E-state index contributed by atoms with van der Waals surface area (Å²) in [6, 6.07) is 4.67. The van der Waals surface area contributed by atoms with Crippen molar-refractivity contribution in [2.24, 2.45) is 0 Å². The van der Waals surface area contributed by atoms with Gasteiger partial charge in [-0.2, -0.15) is 0 Å². The van der Waals surface area contributed by atoms with Crippen LogP contribution in [-0.4, -0.2) is 24.2 Å². The summed E-state index contributed by atoms with van der Waals surface area (Å²) in [5.74, 6) is 0.560. The smallest absolute Gasteiger partial charge is 0.225 e. The Morgan fingerprint density at radius 3 is 2.40 bits per heavy atom. The lowest BCUT2D eigenvalue weighted by atomic mass is 10.2. The first-order valence-corrected chi connectivity index (χ1v) is 6.55. The van der Waals surface area contributed by atoms with Crippen molar-refractivity contribution >= 4 is 21.6 Å². The van der Waals surface area contributed by atoms with E-state index in [0.717, 1.165) is 5.69 Å². The molecule has 0 spiro atoms. The third kappa shape index (κ3) is 3.16. The largest absolute Gasteiger partial charge is 0.481 e. The number of benzene rings is 1. The Kier molecular flexibility index (Phi) is 4.73. The molecular formula is C13H13BrFN3O2. The van der Waals surface area contributed by atoms with E-state index < -0.39 is 0 Å². The number of hydrogen-bond donors (Lipinski definition) is 1. The van der Waals surface area contributed by atoms with E-state index >= 15 is 0 Å². The van der Waals surface area contributed by atoms with Crippen molar-refractivity contribution in [3.05, 3.63) is 40.4 Å². The van der Waals surface area contributed by atoms with Gasteiger partial charge < -0.3 is 14.8 Å². The van der Waals surface area contributed by atoms with Crippen LogP contribution in [0.2, 0.25) is 0 Å². The summed E-state index contributed by atoms with van der Waals surface area (Å²) >= 11 is 3.14. The van der Waals surface area contributed by atoms with E-state index in [9.17, 15) is 4.39 Å². The van der Waals surface area contributed by atoms with Gasteiger partial charge in [0.15, 0.2) is 0 Å². The molecule has 0 amide bonds. The zero-order valence-electron chi connectivity index (χ0n) is 11.0. The maximum absolute atomic E-state index is 13.2. The topological polar surface area (TPSA) is 56.3 Å². The van der Waals surface area contributed by atoms with Crippen molar-refractivity contribution in [2.45, 2.75) is 6.54 Å². The van der Waals surface area contributed by atoms with Crippen molar-refractivity contribution in [1.29, 1.82) is 0 Å². The minimum atomic E-state index is -0.311. The average Bonchev–Trinajstić information content (AvgIpc) is 2.48. The Hall–Kier alpha value is -1.89.